The Morgan fingerprint density at radius 1 is 1.08 bits per heavy atom. The maximum atomic E-state index is 13.1. The number of aromatic nitrogens is 3. The van der Waals surface area contributed by atoms with Crippen LogP contribution in [0.1, 0.15) is 35.8 Å². The molecule has 3 heterocycles. The van der Waals surface area contributed by atoms with Gasteiger partial charge < -0.3 is 19.1 Å². The zero-order valence-electron chi connectivity index (χ0n) is 21.1. The molecule has 1 aromatic carbocycles. The molecule has 2 amide bonds. The SMILES string of the molecule is CC(=O)N(C)CCN(C)c1cncc(Oc2ccc(C(=O)N3CCCC(c4cccn4C)=N3)cc2)n1. The van der Waals surface area contributed by atoms with Gasteiger partial charge in [0, 0.05) is 59.5 Å². The molecular weight excluding hydrogens is 458 g/mol. The number of hydrazone groups is 1. The summed E-state index contributed by atoms with van der Waals surface area (Å²) in [5, 5.41) is 6.15. The molecule has 0 fully saturated rings. The van der Waals surface area contributed by atoms with Crippen LogP contribution in [0, 0.1) is 0 Å². The Labute approximate surface area is 210 Å². The average Bonchev–Trinajstić information content (AvgIpc) is 3.33. The third-order valence-corrected chi connectivity index (χ3v) is 6.12. The molecule has 188 valence electrons. The molecule has 0 spiro atoms. The van der Waals surface area contributed by atoms with Gasteiger partial charge in [0.25, 0.3) is 5.91 Å². The van der Waals surface area contributed by atoms with Gasteiger partial charge in [-0.3, -0.25) is 14.6 Å². The maximum Gasteiger partial charge on any atom is 0.273 e. The molecule has 0 unspecified atom stereocenters. The molecule has 1 aliphatic rings. The summed E-state index contributed by atoms with van der Waals surface area (Å²) in [7, 11) is 5.62. The van der Waals surface area contributed by atoms with Crippen molar-refractivity contribution in [1.82, 2.24) is 24.4 Å². The van der Waals surface area contributed by atoms with E-state index in [4.69, 9.17) is 4.74 Å². The summed E-state index contributed by atoms with van der Waals surface area (Å²) in [6.45, 7) is 3.30. The fourth-order valence-corrected chi connectivity index (χ4v) is 3.81. The standard InChI is InChI=1S/C26H31N7O3/c1-19(34)30(2)15-16-32(4)24-17-27-18-25(28-24)36-21-11-9-20(10-12-21)26(35)33-14-5-7-22(29-33)23-8-6-13-31(23)3/h6,8-13,17-18H,5,7,14-16H2,1-4H3. The lowest BCUT2D eigenvalue weighted by Gasteiger charge is -2.24. The van der Waals surface area contributed by atoms with E-state index in [9.17, 15) is 9.59 Å². The number of anilines is 1. The fraction of sp³-hybridized carbons (Fsp3) is 0.346. The topological polar surface area (TPSA) is 96.2 Å². The smallest absolute Gasteiger partial charge is 0.273 e. The van der Waals surface area contributed by atoms with E-state index in [0.717, 1.165) is 24.2 Å². The lowest BCUT2D eigenvalue weighted by molar-refractivity contribution is -0.127. The first-order chi connectivity index (χ1) is 17.3. The number of likely N-dealkylation sites (N-methyl/N-ethyl adjacent to an activating group) is 2. The van der Waals surface area contributed by atoms with Crippen LogP contribution in [-0.4, -0.2) is 75.7 Å². The van der Waals surface area contributed by atoms with Gasteiger partial charge in [-0.2, -0.15) is 10.1 Å². The fourth-order valence-electron chi connectivity index (χ4n) is 3.81. The molecule has 3 aromatic rings. The second-order valence-corrected chi connectivity index (χ2v) is 8.79. The highest BCUT2D eigenvalue weighted by molar-refractivity contribution is 6.02. The van der Waals surface area contributed by atoms with Crippen molar-refractivity contribution in [2.45, 2.75) is 19.8 Å². The summed E-state index contributed by atoms with van der Waals surface area (Å²) in [5.74, 6) is 1.38. The molecule has 0 saturated carbocycles. The molecule has 0 N–H and O–H groups in total. The Bertz CT molecular complexity index is 1250. The summed E-state index contributed by atoms with van der Waals surface area (Å²) >= 11 is 0. The van der Waals surface area contributed by atoms with E-state index in [-0.39, 0.29) is 11.8 Å². The number of aryl methyl sites for hydroxylation is 1. The van der Waals surface area contributed by atoms with Gasteiger partial charge in [-0.15, -0.1) is 0 Å². The molecule has 10 nitrogen and oxygen atoms in total. The molecule has 0 aliphatic carbocycles. The van der Waals surface area contributed by atoms with E-state index in [1.54, 1.807) is 42.4 Å². The van der Waals surface area contributed by atoms with E-state index < -0.39 is 0 Å². The second kappa shape index (κ2) is 11.0. The zero-order valence-corrected chi connectivity index (χ0v) is 21.1. The van der Waals surface area contributed by atoms with Crippen molar-refractivity contribution in [2.24, 2.45) is 12.1 Å². The third kappa shape index (κ3) is 5.88. The second-order valence-electron chi connectivity index (χ2n) is 8.79. The predicted molar refractivity (Wildman–Crippen MR) is 137 cm³/mol. The van der Waals surface area contributed by atoms with Crippen LogP contribution in [-0.2, 0) is 11.8 Å². The van der Waals surface area contributed by atoms with Gasteiger partial charge in [-0.05, 0) is 49.2 Å². The monoisotopic (exact) mass is 489 g/mol. The lowest BCUT2D eigenvalue weighted by atomic mass is 10.1. The normalized spacial score (nSPS) is 13.2. The zero-order chi connectivity index (χ0) is 25.7. The van der Waals surface area contributed by atoms with Crippen molar-refractivity contribution in [3.63, 3.8) is 0 Å². The van der Waals surface area contributed by atoms with Crippen LogP contribution < -0.4 is 9.64 Å². The Hall–Kier alpha value is -4.21. The minimum absolute atomic E-state index is 0.0112. The third-order valence-electron chi connectivity index (χ3n) is 6.12. The van der Waals surface area contributed by atoms with E-state index in [1.807, 2.05) is 41.9 Å². The maximum absolute atomic E-state index is 13.1. The van der Waals surface area contributed by atoms with Gasteiger partial charge in [0.15, 0.2) is 5.82 Å². The first kappa shape index (κ1) is 24.9. The average molecular weight is 490 g/mol. The van der Waals surface area contributed by atoms with Gasteiger partial charge >= 0.3 is 0 Å². The number of amides is 2. The summed E-state index contributed by atoms with van der Waals surface area (Å²) < 4.78 is 7.89. The van der Waals surface area contributed by atoms with Crippen LogP contribution in [0.5, 0.6) is 11.6 Å². The van der Waals surface area contributed by atoms with E-state index in [1.165, 1.54) is 18.1 Å². The van der Waals surface area contributed by atoms with Gasteiger partial charge in [-0.25, -0.2) is 5.01 Å². The summed E-state index contributed by atoms with van der Waals surface area (Å²) in [6.07, 6.45) is 6.86. The van der Waals surface area contributed by atoms with Crippen molar-refractivity contribution in [3.8, 4) is 11.6 Å². The van der Waals surface area contributed by atoms with Gasteiger partial charge in [-0.1, -0.05) is 0 Å². The molecule has 0 saturated heterocycles. The van der Waals surface area contributed by atoms with E-state index >= 15 is 0 Å². The van der Waals surface area contributed by atoms with Gasteiger partial charge in [0.2, 0.25) is 11.8 Å². The van der Waals surface area contributed by atoms with Crippen LogP contribution in [0.3, 0.4) is 0 Å². The number of carbonyl (C=O) groups excluding carboxylic acids is 2. The summed E-state index contributed by atoms with van der Waals surface area (Å²) in [4.78, 5) is 36.7. The highest BCUT2D eigenvalue weighted by Crippen LogP contribution is 2.23. The molecule has 0 radical (unpaired) electrons. The van der Waals surface area contributed by atoms with Crippen LogP contribution in [0.2, 0.25) is 0 Å². The minimum atomic E-state index is -0.146. The van der Waals surface area contributed by atoms with E-state index in [0.29, 0.717) is 42.6 Å². The van der Waals surface area contributed by atoms with Crippen molar-refractivity contribution in [1.29, 1.82) is 0 Å². The van der Waals surface area contributed by atoms with Crippen molar-refractivity contribution in [2.75, 3.05) is 38.6 Å². The van der Waals surface area contributed by atoms with Crippen LogP contribution in [0.15, 0.2) is 60.1 Å². The molecule has 0 atom stereocenters. The Kier molecular flexibility index (Phi) is 7.62. The van der Waals surface area contributed by atoms with Gasteiger partial charge in [0.1, 0.15) is 5.75 Å². The van der Waals surface area contributed by atoms with Crippen LogP contribution >= 0.6 is 0 Å². The summed E-state index contributed by atoms with van der Waals surface area (Å²) in [6, 6.07) is 10.9. The molecular formula is C26H31N7O3. The van der Waals surface area contributed by atoms with Crippen LogP contribution in [0.25, 0.3) is 0 Å². The highest BCUT2D eigenvalue weighted by atomic mass is 16.5. The Morgan fingerprint density at radius 2 is 1.86 bits per heavy atom. The number of hydrogen-bond acceptors (Lipinski definition) is 7. The van der Waals surface area contributed by atoms with Crippen molar-refractivity contribution >= 4 is 23.3 Å². The molecule has 0 bridgehead atoms. The molecule has 2 aromatic heterocycles. The van der Waals surface area contributed by atoms with E-state index in [2.05, 4.69) is 15.1 Å². The number of nitrogens with zero attached hydrogens (tertiary/aromatic N) is 7. The molecule has 10 heteroatoms. The molecule has 36 heavy (non-hydrogen) atoms. The van der Waals surface area contributed by atoms with Crippen molar-refractivity contribution < 1.29 is 14.3 Å². The molecule has 4 rings (SSSR count). The Morgan fingerprint density at radius 3 is 2.56 bits per heavy atom. The number of rotatable bonds is 8. The summed E-state index contributed by atoms with van der Waals surface area (Å²) in [5.41, 5.74) is 2.47. The first-order valence-electron chi connectivity index (χ1n) is 11.9. The lowest BCUT2D eigenvalue weighted by Crippen LogP contribution is -2.33. The van der Waals surface area contributed by atoms with Crippen molar-refractivity contribution in [3.05, 3.63) is 66.2 Å². The predicted octanol–water partition coefficient (Wildman–Crippen LogP) is 3.16. The number of ether oxygens (including phenoxy) is 1. The Balaban J connectivity index is 1.40. The first-order valence-corrected chi connectivity index (χ1v) is 11.9. The highest BCUT2D eigenvalue weighted by Gasteiger charge is 2.21. The quantitative estimate of drug-likeness (QED) is 0.482. The number of benzene rings is 1. The molecule has 1 aliphatic heterocycles. The number of hydrogen-bond donors (Lipinski definition) is 0. The number of carbonyl (C=O) groups is 2. The minimum Gasteiger partial charge on any atom is -0.437 e. The van der Waals surface area contributed by atoms with Crippen LogP contribution in [0.4, 0.5) is 5.82 Å². The largest absolute Gasteiger partial charge is 0.437 e. The van der Waals surface area contributed by atoms with Gasteiger partial charge in [0.05, 0.1) is 23.8 Å².